The molecule has 0 amide bonds. The summed E-state index contributed by atoms with van der Waals surface area (Å²) in [5, 5.41) is 14.8. The van der Waals surface area contributed by atoms with Gasteiger partial charge in [-0.25, -0.2) is 4.98 Å². The zero-order valence-electron chi connectivity index (χ0n) is 16.8. The van der Waals surface area contributed by atoms with Gasteiger partial charge in [-0.1, -0.05) is 42.5 Å². The van der Waals surface area contributed by atoms with Crippen LogP contribution in [0.25, 0.3) is 33.7 Å². The number of benzene rings is 3. The summed E-state index contributed by atoms with van der Waals surface area (Å²) in [6.07, 6.45) is 1.82. The standard InChI is InChI=1S/C25H20N2O2S/c1-3-29-24-13-17(8-11-23(24)28-2)12-21(15-26)25-27-22(16-30-25)20-10-9-18-6-4-5-7-19(18)14-20/h4-14,16H,3H2,1-2H3/b21-12+. The molecule has 0 atom stereocenters. The van der Waals surface area contributed by atoms with Crippen molar-refractivity contribution in [3.05, 3.63) is 76.6 Å². The van der Waals surface area contributed by atoms with E-state index in [0.29, 0.717) is 28.7 Å². The molecule has 3 aromatic carbocycles. The molecule has 0 aliphatic carbocycles. The second-order valence-electron chi connectivity index (χ2n) is 6.61. The van der Waals surface area contributed by atoms with Crippen molar-refractivity contribution in [2.45, 2.75) is 6.92 Å². The van der Waals surface area contributed by atoms with E-state index in [1.54, 1.807) is 7.11 Å². The number of allylic oxidation sites excluding steroid dienone is 1. The van der Waals surface area contributed by atoms with Crippen LogP contribution in [0.5, 0.6) is 11.5 Å². The Labute approximate surface area is 179 Å². The second-order valence-corrected chi connectivity index (χ2v) is 7.47. The molecule has 0 saturated heterocycles. The third kappa shape index (κ3) is 4.05. The Balaban J connectivity index is 1.67. The van der Waals surface area contributed by atoms with E-state index in [4.69, 9.17) is 14.5 Å². The summed E-state index contributed by atoms with van der Waals surface area (Å²) < 4.78 is 11.0. The number of nitriles is 1. The number of fused-ring (bicyclic) bond motifs is 1. The van der Waals surface area contributed by atoms with Gasteiger partial charge in [0.15, 0.2) is 11.5 Å². The molecule has 0 saturated carbocycles. The van der Waals surface area contributed by atoms with Gasteiger partial charge >= 0.3 is 0 Å². The molecule has 0 radical (unpaired) electrons. The van der Waals surface area contributed by atoms with Crippen molar-refractivity contribution in [3.8, 4) is 28.8 Å². The molecule has 0 N–H and O–H groups in total. The largest absolute Gasteiger partial charge is 0.493 e. The molecule has 0 fully saturated rings. The smallest absolute Gasteiger partial charge is 0.161 e. The highest BCUT2D eigenvalue weighted by Gasteiger charge is 2.11. The van der Waals surface area contributed by atoms with Crippen LogP contribution in [0.1, 0.15) is 17.5 Å². The molecule has 4 nitrogen and oxygen atoms in total. The van der Waals surface area contributed by atoms with Gasteiger partial charge in [-0.05, 0) is 47.5 Å². The number of aromatic nitrogens is 1. The lowest BCUT2D eigenvalue weighted by Gasteiger charge is -2.09. The number of thiazole rings is 1. The molecule has 0 spiro atoms. The van der Waals surface area contributed by atoms with E-state index in [1.165, 1.54) is 22.1 Å². The van der Waals surface area contributed by atoms with Gasteiger partial charge in [0.2, 0.25) is 0 Å². The summed E-state index contributed by atoms with van der Waals surface area (Å²) in [6.45, 7) is 2.46. The number of hydrogen-bond acceptors (Lipinski definition) is 5. The Morgan fingerprint density at radius 2 is 1.90 bits per heavy atom. The average molecular weight is 413 g/mol. The number of nitrogens with zero attached hydrogens (tertiary/aromatic N) is 2. The summed E-state index contributed by atoms with van der Waals surface area (Å²) in [4.78, 5) is 4.72. The first-order valence-corrected chi connectivity index (χ1v) is 10.5. The molecule has 0 aliphatic heterocycles. The molecule has 30 heavy (non-hydrogen) atoms. The minimum absolute atomic E-state index is 0.514. The molecule has 4 aromatic rings. The van der Waals surface area contributed by atoms with E-state index >= 15 is 0 Å². The molecule has 0 bridgehead atoms. The normalized spacial score (nSPS) is 11.3. The van der Waals surface area contributed by atoms with Crippen molar-refractivity contribution in [1.29, 1.82) is 5.26 Å². The van der Waals surface area contributed by atoms with Crippen LogP contribution < -0.4 is 9.47 Å². The van der Waals surface area contributed by atoms with Crippen molar-refractivity contribution in [1.82, 2.24) is 4.98 Å². The van der Waals surface area contributed by atoms with E-state index in [0.717, 1.165) is 16.8 Å². The predicted octanol–water partition coefficient (Wildman–Crippen LogP) is 6.43. The maximum Gasteiger partial charge on any atom is 0.161 e. The van der Waals surface area contributed by atoms with Gasteiger partial charge in [0.1, 0.15) is 11.1 Å². The topological polar surface area (TPSA) is 55.1 Å². The van der Waals surface area contributed by atoms with Gasteiger partial charge in [0.05, 0.1) is 25.0 Å². The van der Waals surface area contributed by atoms with Gasteiger partial charge in [0.25, 0.3) is 0 Å². The van der Waals surface area contributed by atoms with Gasteiger partial charge in [-0.15, -0.1) is 11.3 Å². The van der Waals surface area contributed by atoms with Crippen molar-refractivity contribution in [3.63, 3.8) is 0 Å². The molecule has 1 heterocycles. The third-order valence-corrected chi connectivity index (χ3v) is 5.57. The van der Waals surface area contributed by atoms with E-state index < -0.39 is 0 Å². The van der Waals surface area contributed by atoms with Crippen LogP contribution in [-0.2, 0) is 0 Å². The molecule has 148 valence electrons. The molecular formula is C25H20N2O2S. The summed E-state index contributed by atoms with van der Waals surface area (Å²) >= 11 is 1.47. The lowest BCUT2D eigenvalue weighted by Crippen LogP contribution is -1.95. The van der Waals surface area contributed by atoms with Crippen LogP contribution in [0, 0.1) is 11.3 Å². The van der Waals surface area contributed by atoms with Gasteiger partial charge in [-0.2, -0.15) is 5.26 Å². The Hall–Kier alpha value is -3.62. The van der Waals surface area contributed by atoms with Crippen LogP contribution in [0.3, 0.4) is 0 Å². The van der Waals surface area contributed by atoms with Crippen LogP contribution >= 0.6 is 11.3 Å². The van der Waals surface area contributed by atoms with Crippen molar-refractivity contribution in [2.24, 2.45) is 0 Å². The fourth-order valence-electron chi connectivity index (χ4n) is 3.24. The second kappa shape index (κ2) is 8.81. The number of methoxy groups -OCH3 is 1. The molecule has 0 aliphatic rings. The van der Waals surface area contributed by atoms with Gasteiger partial charge in [-0.3, -0.25) is 0 Å². The van der Waals surface area contributed by atoms with E-state index in [2.05, 4.69) is 36.4 Å². The summed E-state index contributed by atoms with van der Waals surface area (Å²) in [5.41, 5.74) is 3.28. The molecule has 1 aromatic heterocycles. The Kier molecular flexibility index (Phi) is 5.78. The highest BCUT2D eigenvalue weighted by molar-refractivity contribution is 7.11. The van der Waals surface area contributed by atoms with Gasteiger partial charge < -0.3 is 9.47 Å². The predicted molar refractivity (Wildman–Crippen MR) is 123 cm³/mol. The third-order valence-electron chi connectivity index (χ3n) is 4.70. The monoisotopic (exact) mass is 412 g/mol. The Bertz CT molecular complexity index is 1270. The Morgan fingerprint density at radius 3 is 2.67 bits per heavy atom. The van der Waals surface area contributed by atoms with Crippen LogP contribution in [0.15, 0.2) is 66.0 Å². The van der Waals surface area contributed by atoms with E-state index in [1.807, 2.05) is 48.7 Å². The number of hydrogen-bond donors (Lipinski definition) is 0. The van der Waals surface area contributed by atoms with Crippen LogP contribution in [-0.4, -0.2) is 18.7 Å². The molecule has 4 rings (SSSR count). The Morgan fingerprint density at radius 1 is 1.07 bits per heavy atom. The first-order valence-electron chi connectivity index (χ1n) is 9.59. The lowest BCUT2D eigenvalue weighted by molar-refractivity contribution is 0.311. The zero-order chi connectivity index (χ0) is 20.9. The zero-order valence-corrected chi connectivity index (χ0v) is 17.6. The van der Waals surface area contributed by atoms with Crippen molar-refractivity contribution < 1.29 is 9.47 Å². The quantitative estimate of drug-likeness (QED) is 0.342. The summed E-state index contributed by atoms with van der Waals surface area (Å²) in [6, 6.07) is 22.4. The van der Waals surface area contributed by atoms with Crippen LogP contribution in [0.2, 0.25) is 0 Å². The first kappa shape index (κ1) is 19.7. The number of ether oxygens (including phenoxy) is 2. The maximum atomic E-state index is 9.73. The lowest BCUT2D eigenvalue weighted by atomic mass is 10.1. The van der Waals surface area contributed by atoms with Crippen molar-refractivity contribution in [2.75, 3.05) is 13.7 Å². The fraction of sp³-hybridized carbons (Fsp3) is 0.120. The van der Waals surface area contributed by atoms with E-state index in [-0.39, 0.29) is 0 Å². The molecule has 0 unspecified atom stereocenters. The van der Waals surface area contributed by atoms with E-state index in [9.17, 15) is 5.26 Å². The van der Waals surface area contributed by atoms with Gasteiger partial charge in [0, 0.05) is 10.9 Å². The minimum atomic E-state index is 0.514. The highest BCUT2D eigenvalue weighted by Crippen LogP contribution is 2.32. The number of rotatable bonds is 6. The summed E-state index contributed by atoms with van der Waals surface area (Å²) in [7, 11) is 1.61. The van der Waals surface area contributed by atoms with Crippen molar-refractivity contribution >= 4 is 33.8 Å². The molecule has 5 heteroatoms. The maximum absolute atomic E-state index is 9.73. The summed E-state index contributed by atoms with van der Waals surface area (Å²) in [5.74, 6) is 1.32. The minimum Gasteiger partial charge on any atom is -0.493 e. The first-order chi connectivity index (χ1) is 14.7. The average Bonchev–Trinajstić information content (AvgIpc) is 3.27. The van der Waals surface area contributed by atoms with Crippen LogP contribution in [0.4, 0.5) is 0 Å². The molecular weight excluding hydrogens is 392 g/mol. The highest BCUT2D eigenvalue weighted by atomic mass is 32.1. The fourth-order valence-corrected chi connectivity index (χ4v) is 4.03. The SMILES string of the molecule is CCOc1cc(/C=C(\C#N)c2nc(-c3ccc4ccccc4c3)cs2)ccc1OC.